The number of rotatable bonds is 8. The van der Waals surface area contributed by atoms with Crippen LogP contribution in [0, 0.1) is 11.3 Å². The summed E-state index contributed by atoms with van der Waals surface area (Å²) in [6, 6.07) is 0.244. The van der Waals surface area contributed by atoms with E-state index in [0.717, 1.165) is 44.1 Å². The van der Waals surface area contributed by atoms with Crippen molar-refractivity contribution in [1.82, 2.24) is 5.32 Å². The number of nitrogens with one attached hydrogen (secondary N) is 2. The molecule has 154 valence electrons. The van der Waals surface area contributed by atoms with Gasteiger partial charge < -0.3 is 15.7 Å². The summed E-state index contributed by atoms with van der Waals surface area (Å²) in [5.74, 6) is -0.913. The molecule has 2 aliphatic rings. The molecule has 2 amide bonds. The van der Waals surface area contributed by atoms with Crippen molar-refractivity contribution in [3.63, 3.8) is 0 Å². The molecule has 1 fully saturated rings. The maximum absolute atomic E-state index is 12.9. The second kappa shape index (κ2) is 8.23. The monoisotopic (exact) mass is 406 g/mol. The Morgan fingerprint density at radius 1 is 1.18 bits per heavy atom. The van der Waals surface area contributed by atoms with E-state index in [0.29, 0.717) is 16.5 Å². The first-order valence-electron chi connectivity index (χ1n) is 10.2. The minimum Gasteiger partial charge on any atom is -0.481 e. The van der Waals surface area contributed by atoms with Crippen molar-refractivity contribution in [1.29, 1.82) is 0 Å². The second-order valence-corrected chi connectivity index (χ2v) is 9.78. The Bertz CT molecular complexity index is 780. The van der Waals surface area contributed by atoms with Gasteiger partial charge in [0.1, 0.15) is 5.00 Å². The highest BCUT2D eigenvalue weighted by Gasteiger charge is 2.36. The van der Waals surface area contributed by atoms with Gasteiger partial charge in [-0.25, -0.2) is 0 Å². The third kappa shape index (κ3) is 4.74. The number of carboxylic acids is 1. The lowest BCUT2D eigenvalue weighted by atomic mass is 9.69. The lowest BCUT2D eigenvalue weighted by Crippen LogP contribution is -2.30. The largest absolute Gasteiger partial charge is 0.481 e. The average Bonchev–Trinajstić information content (AvgIpc) is 3.37. The molecule has 0 bridgehead atoms. The van der Waals surface area contributed by atoms with Gasteiger partial charge in [0.15, 0.2) is 0 Å². The Kier molecular flexibility index (Phi) is 6.12. The maximum Gasteiger partial charge on any atom is 0.303 e. The summed E-state index contributed by atoms with van der Waals surface area (Å²) in [4.78, 5) is 37.0. The van der Waals surface area contributed by atoms with Gasteiger partial charge in [-0.15, -0.1) is 11.3 Å². The molecule has 0 radical (unpaired) electrons. The van der Waals surface area contributed by atoms with Crippen molar-refractivity contribution in [2.45, 2.75) is 78.2 Å². The van der Waals surface area contributed by atoms with E-state index in [1.54, 1.807) is 0 Å². The van der Waals surface area contributed by atoms with Gasteiger partial charge in [-0.05, 0) is 49.0 Å². The molecule has 1 aromatic rings. The van der Waals surface area contributed by atoms with E-state index in [-0.39, 0.29) is 36.1 Å². The smallest absolute Gasteiger partial charge is 0.303 e. The van der Waals surface area contributed by atoms with E-state index < -0.39 is 5.97 Å². The third-order valence-electron chi connectivity index (χ3n) is 6.24. The second-order valence-electron chi connectivity index (χ2n) is 8.68. The average molecular weight is 407 g/mol. The molecule has 3 rings (SSSR count). The number of hydrogen-bond donors (Lipinski definition) is 3. The minimum absolute atomic E-state index is 0.0902. The molecule has 28 heavy (non-hydrogen) atoms. The van der Waals surface area contributed by atoms with E-state index >= 15 is 0 Å². The van der Waals surface area contributed by atoms with Gasteiger partial charge in [0.05, 0.1) is 12.0 Å². The molecule has 7 heteroatoms. The Morgan fingerprint density at radius 2 is 1.89 bits per heavy atom. The number of anilines is 1. The Morgan fingerprint density at radius 3 is 2.50 bits per heavy atom. The van der Waals surface area contributed by atoms with Crippen LogP contribution in [-0.4, -0.2) is 28.9 Å². The maximum atomic E-state index is 12.9. The van der Waals surface area contributed by atoms with Gasteiger partial charge in [-0.2, -0.15) is 0 Å². The molecule has 0 unspecified atom stereocenters. The summed E-state index contributed by atoms with van der Waals surface area (Å²) in [7, 11) is 0. The van der Waals surface area contributed by atoms with Gasteiger partial charge in [-0.3, -0.25) is 14.4 Å². The van der Waals surface area contributed by atoms with Crippen LogP contribution in [0.15, 0.2) is 0 Å². The van der Waals surface area contributed by atoms with Crippen molar-refractivity contribution in [2.75, 3.05) is 5.32 Å². The zero-order valence-electron chi connectivity index (χ0n) is 16.9. The first-order valence-corrected chi connectivity index (χ1v) is 11.0. The number of amides is 2. The standard InChI is InChI=1S/C21H30N2O4S/c1-4-21(2,3)12-5-8-14-15(11-12)28-20(23-16(24)9-10-17(25)26)18(14)19(27)22-13-6-7-13/h12-13H,4-11H2,1-3H3,(H,22,27)(H,23,24)(H,25,26)/t12-/m0/s1. The van der Waals surface area contributed by atoms with Crippen LogP contribution in [0.3, 0.4) is 0 Å². The van der Waals surface area contributed by atoms with Crippen LogP contribution in [0.25, 0.3) is 0 Å². The fourth-order valence-corrected chi connectivity index (χ4v) is 5.11. The van der Waals surface area contributed by atoms with Crippen LogP contribution in [-0.2, 0) is 22.4 Å². The molecule has 1 saturated carbocycles. The molecule has 6 nitrogen and oxygen atoms in total. The highest BCUT2D eigenvalue weighted by Crippen LogP contribution is 2.45. The lowest BCUT2D eigenvalue weighted by molar-refractivity contribution is -0.138. The Hall–Kier alpha value is -1.89. The Labute approximate surface area is 170 Å². The molecule has 1 heterocycles. The van der Waals surface area contributed by atoms with Crippen molar-refractivity contribution in [3.8, 4) is 0 Å². The van der Waals surface area contributed by atoms with E-state index in [9.17, 15) is 14.4 Å². The molecule has 0 aromatic carbocycles. The van der Waals surface area contributed by atoms with Crippen LogP contribution in [0.4, 0.5) is 5.00 Å². The number of hydrogen-bond acceptors (Lipinski definition) is 4. The van der Waals surface area contributed by atoms with Crippen LogP contribution in [0.2, 0.25) is 0 Å². The highest BCUT2D eigenvalue weighted by atomic mass is 32.1. The number of thiophene rings is 1. The van der Waals surface area contributed by atoms with Crippen LogP contribution < -0.4 is 10.6 Å². The summed E-state index contributed by atoms with van der Waals surface area (Å²) in [5.41, 5.74) is 1.91. The van der Waals surface area contributed by atoms with Gasteiger partial charge in [-0.1, -0.05) is 27.2 Å². The van der Waals surface area contributed by atoms with E-state index in [4.69, 9.17) is 5.11 Å². The van der Waals surface area contributed by atoms with Gasteiger partial charge in [0.2, 0.25) is 5.91 Å². The molecule has 0 spiro atoms. The number of carboxylic acid groups (broad SMARTS) is 1. The van der Waals surface area contributed by atoms with Crippen molar-refractivity contribution < 1.29 is 19.5 Å². The van der Waals surface area contributed by atoms with Gasteiger partial charge in [0.25, 0.3) is 5.91 Å². The lowest BCUT2D eigenvalue weighted by Gasteiger charge is -2.36. The summed E-state index contributed by atoms with van der Waals surface area (Å²) in [5, 5.41) is 15.2. The van der Waals surface area contributed by atoms with Crippen molar-refractivity contribution in [2.24, 2.45) is 11.3 Å². The predicted molar refractivity (Wildman–Crippen MR) is 110 cm³/mol. The Balaban J connectivity index is 1.85. The molecular weight excluding hydrogens is 376 g/mol. The summed E-state index contributed by atoms with van der Waals surface area (Å²) < 4.78 is 0. The summed E-state index contributed by atoms with van der Waals surface area (Å²) in [6.45, 7) is 6.81. The summed E-state index contributed by atoms with van der Waals surface area (Å²) in [6.07, 6.45) is 5.62. The number of carbonyl (C=O) groups is 3. The minimum atomic E-state index is -1.00. The molecule has 3 N–H and O–H groups in total. The van der Waals surface area contributed by atoms with Crippen LogP contribution in [0.5, 0.6) is 0 Å². The van der Waals surface area contributed by atoms with E-state index in [2.05, 4.69) is 31.4 Å². The topological polar surface area (TPSA) is 95.5 Å². The van der Waals surface area contributed by atoms with Gasteiger partial charge in [0, 0.05) is 17.3 Å². The number of carbonyl (C=O) groups excluding carboxylic acids is 2. The van der Waals surface area contributed by atoms with Crippen LogP contribution >= 0.6 is 11.3 Å². The summed E-state index contributed by atoms with van der Waals surface area (Å²) >= 11 is 1.49. The normalized spacial score (nSPS) is 19.0. The van der Waals surface area contributed by atoms with E-state index in [1.165, 1.54) is 16.2 Å². The first kappa shape index (κ1) is 20.8. The predicted octanol–water partition coefficient (Wildman–Crippen LogP) is 3.98. The quantitative estimate of drug-likeness (QED) is 0.608. The third-order valence-corrected chi connectivity index (χ3v) is 7.41. The molecule has 1 atom stereocenters. The molecule has 0 saturated heterocycles. The fraction of sp³-hybridized carbons (Fsp3) is 0.667. The molecule has 0 aliphatic heterocycles. The molecular formula is C21H30N2O4S. The number of aliphatic carboxylic acids is 1. The molecule has 1 aromatic heterocycles. The SMILES string of the molecule is CCC(C)(C)[C@H]1CCc2c(sc(NC(=O)CCC(=O)O)c2C(=O)NC2CC2)C1. The fourth-order valence-electron chi connectivity index (χ4n) is 3.76. The van der Waals surface area contributed by atoms with Crippen LogP contribution in [0.1, 0.15) is 80.1 Å². The van der Waals surface area contributed by atoms with Gasteiger partial charge >= 0.3 is 5.97 Å². The number of fused-ring (bicyclic) bond motifs is 1. The van der Waals surface area contributed by atoms with Crippen molar-refractivity contribution >= 4 is 34.1 Å². The highest BCUT2D eigenvalue weighted by molar-refractivity contribution is 7.17. The zero-order valence-corrected chi connectivity index (χ0v) is 17.7. The molecule has 2 aliphatic carbocycles. The zero-order chi connectivity index (χ0) is 20.5. The van der Waals surface area contributed by atoms with E-state index in [1.807, 2.05) is 0 Å². The first-order chi connectivity index (χ1) is 13.2. The van der Waals surface area contributed by atoms with Crippen molar-refractivity contribution in [3.05, 3.63) is 16.0 Å².